The number of nitrogens with zero attached hydrogens (tertiary/aromatic N) is 1. The first-order chi connectivity index (χ1) is 13.8. The van der Waals surface area contributed by atoms with Crippen molar-refractivity contribution in [2.24, 2.45) is 0 Å². The Balaban J connectivity index is 1.68. The SMILES string of the molecule is CCCCOc1ccc(C(=O)N(CCc2ccccc2)Cc2ccco2)cc1. The second-order valence-electron chi connectivity index (χ2n) is 6.77. The van der Waals surface area contributed by atoms with Crippen LogP contribution >= 0.6 is 0 Å². The van der Waals surface area contributed by atoms with Gasteiger partial charge in [-0.25, -0.2) is 0 Å². The molecule has 0 radical (unpaired) electrons. The molecule has 3 aromatic rings. The fourth-order valence-corrected chi connectivity index (χ4v) is 2.96. The van der Waals surface area contributed by atoms with Gasteiger partial charge in [-0.3, -0.25) is 4.79 Å². The lowest BCUT2D eigenvalue weighted by Crippen LogP contribution is -2.32. The van der Waals surface area contributed by atoms with Crippen LogP contribution < -0.4 is 4.74 Å². The van der Waals surface area contributed by atoms with Gasteiger partial charge in [0.2, 0.25) is 0 Å². The highest BCUT2D eigenvalue weighted by Gasteiger charge is 2.17. The molecule has 1 amide bonds. The van der Waals surface area contributed by atoms with E-state index in [2.05, 4.69) is 19.1 Å². The third-order valence-electron chi connectivity index (χ3n) is 4.60. The lowest BCUT2D eigenvalue weighted by molar-refractivity contribution is 0.0733. The van der Waals surface area contributed by atoms with E-state index >= 15 is 0 Å². The van der Waals surface area contributed by atoms with Crippen LogP contribution in [0.1, 0.15) is 41.4 Å². The zero-order valence-electron chi connectivity index (χ0n) is 16.3. The zero-order chi connectivity index (χ0) is 19.6. The summed E-state index contributed by atoms with van der Waals surface area (Å²) in [5, 5.41) is 0. The predicted octanol–water partition coefficient (Wildman–Crippen LogP) is 5.34. The summed E-state index contributed by atoms with van der Waals surface area (Å²) in [5.74, 6) is 1.57. The molecule has 0 aliphatic rings. The minimum Gasteiger partial charge on any atom is -0.494 e. The van der Waals surface area contributed by atoms with E-state index < -0.39 is 0 Å². The smallest absolute Gasteiger partial charge is 0.254 e. The Morgan fingerprint density at radius 3 is 2.46 bits per heavy atom. The van der Waals surface area contributed by atoms with Crippen molar-refractivity contribution >= 4 is 5.91 Å². The highest BCUT2D eigenvalue weighted by molar-refractivity contribution is 5.94. The summed E-state index contributed by atoms with van der Waals surface area (Å²) >= 11 is 0. The van der Waals surface area contributed by atoms with Gasteiger partial charge < -0.3 is 14.1 Å². The zero-order valence-corrected chi connectivity index (χ0v) is 16.3. The topological polar surface area (TPSA) is 42.7 Å². The highest BCUT2D eigenvalue weighted by atomic mass is 16.5. The molecular formula is C24H27NO3. The van der Waals surface area contributed by atoms with Crippen LogP contribution in [0.4, 0.5) is 0 Å². The van der Waals surface area contributed by atoms with Gasteiger partial charge in [-0.1, -0.05) is 43.7 Å². The maximum absolute atomic E-state index is 13.1. The van der Waals surface area contributed by atoms with E-state index in [1.165, 1.54) is 5.56 Å². The van der Waals surface area contributed by atoms with Crippen LogP contribution in [-0.4, -0.2) is 24.0 Å². The first kappa shape index (κ1) is 19.7. The second-order valence-corrected chi connectivity index (χ2v) is 6.77. The normalized spacial score (nSPS) is 10.6. The first-order valence-corrected chi connectivity index (χ1v) is 9.84. The van der Waals surface area contributed by atoms with E-state index in [1.54, 1.807) is 6.26 Å². The number of hydrogen-bond acceptors (Lipinski definition) is 3. The van der Waals surface area contributed by atoms with Crippen LogP contribution in [0.15, 0.2) is 77.4 Å². The number of carbonyl (C=O) groups excluding carboxylic acids is 1. The van der Waals surface area contributed by atoms with Crippen LogP contribution in [0.25, 0.3) is 0 Å². The van der Waals surface area contributed by atoms with Crippen molar-refractivity contribution in [2.45, 2.75) is 32.7 Å². The predicted molar refractivity (Wildman–Crippen MR) is 110 cm³/mol. The van der Waals surface area contributed by atoms with Crippen LogP contribution in [0.2, 0.25) is 0 Å². The Morgan fingerprint density at radius 2 is 1.79 bits per heavy atom. The molecular weight excluding hydrogens is 350 g/mol. The van der Waals surface area contributed by atoms with Gasteiger partial charge in [0.05, 0.1) is 19.4 Å². The third kappa shape index (κ3) is 5.74. The van der Waals surface area contributed by atoms with Crippen LogP contribution in [0.5, 0.6) is 5.75 Å². The lowest BCUT2D eigenvalue weighted by atomic mass is 10.1. The number of furan rings is 1. The Morgan fingerprint density at radius 1 is 1.00 bits per heavy atom. The van der Waals surface area contributed by atoms with E-state index in [-0.39, 0.29) is 5.91 Å². The monoisotopic (exact) mass is 377 g/mol. The number of amides is 1. The van der Waals surface area contributed by atoms with Gasteiger partial charge >= 0.3 is 0 Å². The second kappa shape index (κ2) is 10.4. The Bertz CT molecular complexity index is 826. The summed E-state index contributed by atoms with van der Waals surface area (Å²) in [7, 11) is 0. The molecule has 1 heterocycles. The molecule has 3 rings (SSSR count). The van der Waals surface area contributed by atoms with E-state index in [1.807, 2.05) is 59.5 Å². The number of benzene rings is 2. The molecule has 0 saturated heterocycles. The van der Waals surface area contributed by atoms with Crippen molar-refractivity contribution in [1.82, 2.24) is 4.90 Å². The summed E-state index contributed by atoms with van der Waals surface area (Å²) in [6.07, 6.45) is 4.56. The molecule has 0 N–H and O–H groups in total. The molecule has 0 spiro atoms. The summed E-state index contributed by atoms with van der Waals surface area (Å²) in [6.45, 7) is 3.91. The van der Waals surface area contributed by atoms with E-state index in [0.717, 1.165) is 30.8 Å². The fourth-order valence-electron chi connectivity index (χ4n) is 2.96. The van der Waals surface area contributed by atoms with E-state index in [4.69, 9.17) is 9.15 Å². The van der Waals surface area contributed by atoms with Crippen LogP contribution in [0.3, 0.4) is 0 Å². The molecule has 0 saturated carbocycles. The molecule has 0 bridgehead atoms. The number of ether oxygens (including phenoxy) is 1. The van der Waals surface area contributed by atoms with Crippen molar-refractivity contribution in [2.75, 3.05) is 13.2 Å². The average molecular weight is 377 g/mol. The van der Waals surface area contributed by atoms with Crippen molar-refractivity contribution in [3.63, 3.8) is 0 Å². The Kier molecular flexibility index (Phi) is 7.30. The van der Waals surface area contributed by atoms with Crippen molar-refractivity contribution in [3.05, 3.63) is 89.9 Å². The number of hydrogen-bond donors (Lipinski definition) is 0. The number of rotatable bonds is 10. The molecule has 0 atom stereocenters. The summed E-state index contributed by atoms with van der Waals surface area (Å²) in [4.78, 5) is 14.9. The largest absolute Gasteiger partial charge is 0.494 e. The van der Waals surface area contributed by atoms with Gasteiger partial charge in [-0.15, -0.1) is 0 Å². The molecule has 2 aromatic carbocycles. The fraction of sp³-hybridized carbons (Fsp3) is 0.292. The minimum atomic E-state index is -0.00700. The molecule has 0 unspecified atom stereocenters. The molecule has 0 aliphatic carbocycles. The molecule has 0 aliphatic heterocycles. The minimum absolute atomic E-state index is 0.00700. The van der Waals surface area contributed by atoms with Gasteiger partial charge in [-0.05, 0) is 54.8 Å². The quantitative estimate of drug-likeness (QED) is 0.448. The van der Waals surface area contributed by atoms with Gasteiger partial charge in [0, 0.05) is 12.1 Å². The lowest BCUT2D eigenvalue weighted by Gasteiger charge is -2.22. The summed E-state index contributed by atoms with van der Waals surface area (Å²) in [5.41, 5.74) is 1.86. The molecule has 28 heavy (non-hydrogen) atoms. The van der Waals surface area contributed by atoms with Gasteiger partial charge in [-0.2, -0.15) is 0 Å². The maximum atomic E-state index is 13.1. The number of unbranched alkanes of at least 4 members (excludes halogenated alkanes) is 1. The van der Waals surface area contributed by atoms with Crippen molar-refractivity contribution < 1.29 is 13.9 Å². The summed E-state index contributed by atoms with van der Waals surface area (Å²) < 4.78 is 11.2. The van der Waals surface area contributed by atoms with E-state index in [0.29, 0.717) is 25.3 Å². The molecule has 146 valence electrons. The van der Waals surface area contributed by atoms with Gasteiger partial charge in [0.1, 0.15) is 11.5 Å². The molecule has 1 aromatic heterocycles. The maximum Gasteiger partial charge on any atom is 0.254 e. The summed E-state index contributed by atoms with van der Waals surface area (Å²) in [6, 6.07) is 21.3. The Labute approximate surface area is 166 Å². The molecule has 0 fully saturated rings. The standard InChI is InChI=1S/C24H27NO3/c1-2-3-17-27-22-13-11-21(12-14-22)24(26)25(19-23-10-7-18-28-23)16-15-20-8-5-4-6-9-20/h4-14,18H,2-3,15-17,19H2,1H3. The molecule has 4 nitrogen and oxygen atoms in total. The van der Waals surface area contributed by atoms with Crippen LogP contribution in [-0.2, 0) is 13.0 Å². The third-order valence-corrected chi connectivity index (χ3v) is 4.60. The van der Waals surface area contributed by atoms with Crippen molar-refractivity contribution in [1.29, 1.82) is 0 Å². The number of carbonyl (C=O) groups is 1. The highest BCUT2D eigenvalue weighted by Crippen LogP contribution is 2.16. The average Bonchev–Trinajstić information content (AvgIpc) is 3.25. The van der Waals surface area contributed by atoms with Gasteiger partial charge in [0.25, 0.3) is 5.91 Å². The van der Waals surface area contributed by atoms with Gasteiger partial charge in [0.15, 0.2) is 0 Å². The Hall–Kier alpha value is -3.01. The first-order valence-electron chi connectivity index (χ1n) is 9.84. The van der Waals surface area contributed by atoms with Crippen LogP contribution in [0, 0.1) is 0 Å². The molecule has 4 heteroatoms. The van der Waals surface area contributed by atoms with E-state index in [9.17, 15) is 4.79 Å². The van der Waals surface area contributed by atoms with Crippen molar-refractivity contribution in [3.8, 4) is 5.75 Å².